The lowest BCUT2D eigenvalue weighted by Gasteiger charge is -2.27. The van der Waals surface area contributed by atoms with Gasteiger partial charge in [-0.1, -0.05) is 23.7 Å². The van der Waals surface area contributed by atoms with Gasteiger partial charge in [0.1, 0.15) is 6.61 Å². The number of piperazine rings is 1. The predicted octanol–water partition coefficient (Wildman–Crippen LogP) is 3.68. The highest BCUT2D eigenvalue weighted by Crippen LogP contribution is 2.37. The monoisotopic (exact) mass is 467 g/mol. The summed E-state index contributed by atoms with van der Waals surface area (Å²) < 4.78 is 12.4. The van der Waals surface area contributed by atoms with Crippen LogP contribution in [-0.2, 0) is 13.2 Å². The summed E-state index contributed by atoms with van der Waals surface area (Å²) in [5.74, 6) is 1.42. The van der Waals surface area contributed by atoms with Crippen molar-refractivity contribution in [3.63, 3.8) is 0 Å². The summed E-state index contributed by atoms with van der Waals surface area (Å²) in [6.45, 7) is 7.67. The van der Waals surface area contributed by atoms with Crippen molar-refractivity contribution in [3.8, 4) is 11.5 Å². The van der Waals surface area contributed by atoms with Crippen molar-refractivity contribution in [2.24, 2.45) is 0 Å². The molecule has 28 heavy (non-hydrogen) atoms. The summed E-state index contributed by atoms with van der Waals surface area (Å²) in [6, 6.07) is 11.8. The Morgan fingerprint density at radius 2 is 2.00 bits per heavy atom. The molecule has 0 amide bonds. The molecule has 152 valence electrons. The van der Waals surface area contributed by atoms with Crippen LogP contribution in [0.2, 0.25) is 5.02 Å². The molecule has 0 bridgehead atoms. The Morgan fingerprint density at radius 3 is 2.75 bits per heavy atom. The van der Waals surface area contributed by atoms with Gasteiger partial charge in [0.05, 0.1) is 11.6 Å². The van der Waals surface area contributed by atoms with Gasteiger partial charge in [0, 0.05) is 50.8 Å². The first-order valence-electron chi connectivity index (χ1n) is 9.53. The molecule has 1 aliphatic heterocycles. The number of methoxy groups -OCH3 is 1. The van der Waals surface area contributed by atoms with Crippen molar-refractivity contribution in [3.05, 3.63) is 57.0 Å². The van der Waals surface area contributed by atoms with Crippen LogP contribution in [0.1, 0.15) is 11.1 Å². The first-order chi connectivity index (χ1) is 13.7. The molecular formula is C21H27BrClN3O2. The molecule has 0 saturated carbocycles. The first kappa shape index (κ1) is 21.4. The Kier molecular flexibility index (Phi) is 8.43. The van der Waals surface area contributed by atoms with E-state index in [-0.39, 0.29) is 0 Å². The number of hydrogen-bond donors (Lipinski definition) is 2. The van der Waals surface area contributed by atoms with Gasteiger partial charge in [-0.05, 0) is 51.3 Å². The fraction of sp³-hybridized carbons (Fsp3) is 0.429. The van der Waals surface area contributed by atoms with Gasteiger partial charge >= 0.3 is 0 Å². The van der Waals surface area contributed by atoms with Gasteiger partial charge in [-0.2, -0.15) is 0 Å². The summed E-state index contributed by atoms with van der Waals surface area (Å²) >= 11 is 9.67. The lowest BCUT2D eigenvalue weighted by molar-refractivity contribution is 0.241. The quantitative estimate of drug-likeness (QED) is 0.550. The van der Waals surface area contributed by atoms with Crippen LogP contribution < -0.4 is 20.1 Å². The number of rotatable bonds is 9. The van der Waals surface area contributed by atoms with E-state index in [1.807, 2.05) is 30.3 Å². The van der Waals surface area contributed by atoms with Crippen molar-refractivity contribution < 1.29 is 9.47 Å². The number of ether oxygens (including phenoxy) is 2. The predicted molar refractivity (Wildman–Crippen MR) is 117 cm³/mol. The average Bonchev–Trinajstić information content (AvgIpc) is 2.71. The normalized spacial score (nSPS) is 14.8. The second-order valence-electron chi connectivity index (χ2n) is 6.80. The van der Waals surface area contributed by atoms with Crippen molar-refractivity contribution in [1.82, 2.24) is 15.5 Å². The van der Waals surface area contributed by atoms with E-state index in [2.05, 4.69) is 37.5 Å². The molecule has 0 spiro atoms. The third kappa shape index (κ3) is 6.36. The maximum atomic E-state index is 6.04. The number of halogens is 2. The fourth-order valence-electron chi connectivity index (χ4n) is 3.20. The summed E-state index contributed by atoms with van der Waals surface area (Å²) in [4.78, 5) is 2.48. The highest BCUT2D eigenvalue weighted by Gasteiger charge is 2.13. The molecule has 0 atom stereocenters. The van der Waals surface area contributed by atoms with Gasteiger partial charge in [0.15, 0.2) is 11.5 Å². The molecule has 0 aliphatic carbocycles. The molecule has 3 rings (SSSR count). The van der Waals surface area contributed by atoms with Crippen LogP contribution in [0.25, 0.3) is 0 Å². The van der Waals surface area contributed by atoms with Crippen LogP contribution in [0, 0.1) is 0 Å². The number of nitrogens with zero attached hydrogens (tertiary/aromatic N) is 1. The zero-order valence-corrected chi connectivity index (χ0v) is 18.5. The third-order valence-electron chi connectivity index (χ3n) is 4.70. The molecule has 0 radical (unpaired) electrons. The van der Waals surface area contributed by atoms with Gasteiger partial charge < -0.3 is 20.1 Å². The minimum Gasteiger partial charge on any atom is -0.493 e. The van der Waals surface area contributed by atoms with Crippen molar-refractivity contribution in [2.75, 3.05) is 46.4 Å². The first-order valence-corrected chi connectivity index (χ1v) is 10.7. The van der Waals surface area contributed by atoms with E-state index in [1.165, 1.54) is 0 Å². The Morgan fingerprint density at radius 1 is 1.18 bits per heavy atom. The highest BCUT2D eigenvalue weighted by atomic mass is 79.9. The zero-order chi connectivity index (χ0) is 19.8. The van der Waals surface area contributed by atoms with Gasteiger partial charge in [-0.3, -0.25) is 4.90 Å². The molecule has 7 heteroatoms. The lowest BCUT2D eigenvalue weighted by Crippen LogP contribution is -2.45. The second-order valence-corrected chi connectivity index (χ2v) is 8.09. The topological polar surface area (TPSA) is 45.8 Å². The van der Waals surface area contributed by atoms with Gasteiger partial charge in [0.2, 0.25) is 0 Å². The van der Waals surface area contributed by atoms with Gasteiger partial charge in [-0.25, -0.2) is 0 Å². The van der Waals surface area contributed by atoms with Crippen molar-refractivity contribution in [2.45, 2.75) is 13.2 Å². The fourth-order valence-corrected chi connectivity index (χ4v) is 4.02. The molecule has 2 aromatic carbocycles. The maximum absolute atomic E-state index is 6.04. The minimum absolute atomic E-state index is 0.428. The van der Waals surface area contributed by atoms with Gasteiger partial charge in [0.25, 0.3) is 0 Å². The molecule has 1 heterocycles. The molecule has 2 aromatic rings. The molecule has 1 aliphatic rings. The highest BCUT2D eigenvalue weighted by molar-refractivity contribution is 9.10. The summed E-state index contributed by atoms with van der Waals surface area (Å²) in [6.07, 6.45) is 0. The standard InChI is InChI=1S/C21H27BrClN3O2/c1-27-20-13-17(14-25-7-10-26-8-5-24-6-9-26)12-19(22)21(20)28-15-16-3-2-4-18(23)11-16/h2-4,11-13,24-25H,5-10,14-15H2,1H3. The van der Waals surface area contributed by atoms with Crippen LogP contribution in [-0.4, -0.2) is 51.3 Å². The molecule has 1 fully saturated rings. The molecule has 0 aromatic heterocycles. The smallest absolute Gasteiger partial charge is 0.175 e. The van der Waals surface area contributed by atoms with Gasteiger partial charge in [-0.15, -0.1) is 0 Å². The molecular weight excluding hydrogens is 442 g/mol. The van der Waals surface area contributed by atoms with E-state index < -0.39 is 0 Å². The zero-order valence-electron chi connectivity index (χ0n) is 16.1. The molecule has 5 nitrogen and oxygen atoms in total. The van der Waals surface area contributed by atoms with Crippen LogP contribution in [0.15, 0.2) is 40.9 Å². The molecule has 2 N–H and O–H groups in total. The summed E-state index contributed by atoms with van der Waals surface area (Å²) in [7, 11) is 1.66. The van der Waals surface area contributed by atoms with Crippen molar-refractivity contribution in [1.29, 1.82) is 0 Å². The Balaban J connectivity index is 1.54. The minimum atomic E-state index is 0.428. The largest absolute Gasteiger partial charge is 0.493 e. The van der Waals surface area contributed by atoms with Crippen LogP contribution in [0.3, 0.4) is 0 Å². The van der Waals surface area contributed by atoms with E-state index in [1.54, 1.807) is 7.11 Å². The number of hydrogen-bond acceptors (Lipinski definition) is 5. The Labute approximate surface area is 180 Å². The molecule has 0 unspecified atom stereocenters. The second kappa shape index (κ2) is 11.0. The SMILES string of the molecule is COc1cc(CNCCN2CCNCC2)cc(Br)c1OCc1cccc(Cl)c1. The third-order valence-corrected chi connectivity index (χ3v) is 5.53. The van der Waals surface area contributed by atoms with E-state index in [0.717, 1.165) is 67.2 Å². The summed E-state index contributed by atoms with van der Waals surface area (Å²) in [5.41, 5.74) is 2.17. The summed E-state index contributed by atoms with van der Waals surface area (Å²) in [5, 5.41) is 7.60. The Bertz CT molecular complexity index is 769. The maximum Gasteiger partial charge on any atom is 0.175 e. The van der Waals surface area contributed by atoms with E-state index in [9.17, 15) is 0 Å². The number of nitrogens with one attached hydrogen (secondary N) is 2. The van der Waals surface area contributed by atoms with E-state index in [0.29, 0.717) is 17.4 Å². The van der Waals surface area contributed by atoms with Crippen molar-refractivity contribution >= 4 is 27.5 Å². The van der Waals surface area contributed by atoms with E-state index >= 15 is 0 Å². The number of benzene rings is 2. The van der Waals surface area contributed by atoms with Crippen LogP contribution in [0.5, 0.6) is 11.5 Å². The van der Waals surface area contributed by atoms with E-state index in [4.69, 9.17) is 21.1 Å². The molecule has 1 saturated heterocycles. The Hall–Kier alpha value is -1.31. The van der Waals surface area contributed by atoms with Crippen LogP contribution >= 0.6 is 27.5 Å². The average molecular weight is 469 g/mol. The lowest BCUT2D eigenvalue weighted by atomic mass is 10.2. The van der Waals surface area contributed by atoms with Crippen LogP contribution in [0.4, 0.5) is 0 Å².